The highest BCUT2D eigenvalue weighted by molar-refractivity contribution is 5.82. The van der Waals surface area contributed by atoms with Gasteiger partial charge < -0.3 is 15.8 Å². The molecule has 1 aliphatic heterocycles. The lowest BCUT2D eigenvalue weighted by atomic mass is 10.0. The minimum Gasteiger partial charge on any atom is -0.371 e. The van der Waals surface area contributed by atoms with Gasteiger partial charge >= 0.3 is 0 Å². The molecular weight excluding hydrogens is 242 g/mol. The summed E-state index contributed by atoms with van der Waals surface area (Å²) in [6.07, 6.45) is 1.06. The van der Waals surface area contributed by atoms with Gasteiger partial charge in [-0.1, -0.05) is 6.92 Å². The summed E-state index contributed by atoms with van der Waals surface area (Å²) < 4.78 is 5.72. The Morgan fingerprint density at radius 3 is 2.68 bits per heavy atom. The summed E-state index contributed by atoms with van der Waals surface area (Å²) in [5.74, 6) is 0.0803. The van der Waals surface area contributed by atoms with E-state index in [9.17, 15) is 4.79 Å². The van der Waals surface area contributed by atoms with Gasteiger partial charge in [0.1, 0.15) is 0 Å². The minimum absolute atomic E-state index is 0.0261. The lowest BCUT2D eigenvalue weighted by Crippen LogP contribution is -2.58. The molecule has 0 aromatic carbocycles. The van der Waals surface area contributed by atoms with E-state index in [1.165, 1.54) is 0 Å². The number of carbonyl (C=O) groups is 1. The lowest BCUT2D eigenvalue weighted by molar-refractivity contribution is -0.133. The maximum absolute atomic E-state index is 12.3. The van der Waals surface area contributed by atoms with Crippen molar-refractivity contribution >= 4 is 5.91 Å². The van der Waals surface area contributed by atoms with Gasteiger partial charge in [-0.3, -0.25) is 9.69 Å². The summed E-state index contributed by atoms with van der Waals surface area (Å²) in [6, 6.07) is -0.147. The van der Waals surface area contributed by atoms with E-state index in [2.05, 4.69) is 17.1 Å². The molecule has 0 radical (unpaired) electrons. The largest absolute Gasteiger partial charge is 0.371 e. The van der Waals surface area contributed by atoms with Gasteiger partial charge in [-0.05, 0) is 34.1 Å². The predicted molar refractivity (Wildman–Crippen MR) is 76.9 cm³/mol. The number of hydrogen-bond donors (Lipinski definition) is 2. The van der Waals surface area contributed by atoms with E-state index in [1.54, 1.807) is 0 Å². The van der Waals surface area contributed by atoms with Crippen LogP contribution in [0.15, 0.2) is 0 Å². The van der Waals surface area contributed by atoms with Gasteiger partial charge in [0.05, 0.1) is 18.2 Å². The molecule has 3 N–H and O–H groups in total. The van der Waals surface area contributed by atoms with Crippen molar-refractivity contribution in [3.05, 3.63) is 0 Å². The Kier molecular flexibility index (Phi) is 5.77. The molecule has 0 spiro atoms. The average molecular weight is 271 g/mol. The van der Waals surface area contributed by atoms with Gasteiger partial charge in [0, 0.05) is 25.2 Å². The third kappa shape index (κ3) is 4.75. The monoisotopic (exact) mass is 271 g/mol. The van der Waals surface area contributed by atoms with Crippen LogP contribution in [0.2, 0.25) is 0 Å². The molecule has 0 aromatic heterocycles. The van der Waals surface area contributed by atoms with Gasteiger partial charge in [-0.15, -0.1) is 0 Å². The Morgan fingerprint density at radius 1 is 1.53 bits per heavy atom. The SMILES string of the molecule is CCC(C)(C)NC(=O)C(C)N1CC(C)OC(CN)C1. The van der Waals surface area contributed by atoms with Crippen molar-refractivity contribution < 1.29 is 9.53 Å². The van der Waals surface area contributed by atoms with Crippen molar-refractivity contribution in [1.29, 1.82) is 0 Å². The van der Waals surface area contributed by atoms with E-state index >= 15 is 0 Å². The zero-order valence-corrected chi connectivity index (χ0v) is 12.9. The summed E-state index contributed by atoms with van der Waals surface area (Å²) in [4.78, 5) is 14.5. The topological polar surface area (TPSA) is 67.6 Å². The molecule has 0 aromatic rings. The number of hydrogen-bond acceptors (Lipinski definition) is 4. The molecule has 0 aliphatic carbocycles. The van der Waals surface area contributed by atoms with Crippen LogP contribution in [0.3, 0.4) is 0 Å². The summed E-state index contributed by atoms with van der Waals surface area (Å²) >= 11 is 0. The Morgan fingerprint density at radius 2 is 2.16 bits per heavy atom. The number of amides is 1. The number of morpholine rings is 1. The van der Waals surface area contributed by atoms with Crippen molar-refractivity contribution in [3.8, 4) is 0 Å². The van der Waals surface area contributed by atoms with Crippen LogP contribution in [0.25, 0.3) is 0 Å². The summed E-state index contributed by atoms with van der Waals surface area (Å²) in [5, 5.41) is 3.10. The molecule has 1 aliphatic rings. The molecule has 1 heterocycles. The van der Waals surface area contributed by atoms with E-state index in [0.29, 0.717) is 6.54 Å². The highest BCUT2D eigenvalue weighted by Gasteiger charge is 2.32. The third-order valence-electron chi connectivity index (χ3n) is 3.89. The second kappa shape index (κ2) is 6.68. The number of nitrogens with one attached hydrogen (secondary N) is 1. The number of nitrogens with two attached hydrogens (primary N) is 1. The van der Waals surface area contributed by atoms with Gasteiger partial charge in [-0.25, -0.2) is 0 Å². The maximum Gasteiger partial charge on any atom is 0.237 e. The normalized spacial score (nSPS) is 27.1. The van der Waals surface area contributed by atoms with E-state index < -0.39 is 0 Å². The first-order valence-electron chi connectivity index (χ1n) is 7.20. The summed E-state index contributed by atoms with van der Waals surface area (Å²) in [6.45, 7) is 12.1. The second-order valence-corrected chi connectivity index (χ2v) is 6.16. The molecule has 3 atom stereocenters. The smallest absolute Gasteiger partial charge is 0.237 e. The van der Waals surface area contributed by atoms with E-state index in [1.807, 2.05) is 27.7 Å². The zero-order valence-electron chi connectivity index (χ0n) is 12.9. The maximum atomic E-state index is 12.3. The van der Waals surface area contributed by atoms with Crippen LogP contribution in [0, 0.1) is 0 Å². The number of nitrogens with zero attached hydrogens (tertiary/aromatic N) is 1. The van der Waals surface area contributed by atoms with Gasteiger partial charge in [0.15, 0.2) is 0 Å². The fourth-order valence-corrected chi connectivity index (χ4v) is 2.22. The molecular formula is C14H29N3O2. The molecule has 1 amide bonds. The molecule has 0 bridgehead atoms. The van der Waals surface area contributed by atoms with Crippen LogP contribution in [0.5, 0.6) is 0 Å². The molecule has 5 nitrogen and oxygen atoms in total. The summed E-state index contributed by atoms with van der Waals surface area (Å²) in [5.41, 5.74) is 5.52. The summed E-state index contributed by atoms with van der Waals surface area (Å²) in [7, 11) is 0. The first-order valence-corrected chi connectivity index (χ1v) is 7.20. The molecule has 112 valence electrons. The molecule has 1 fully saturated rings. The molecule has 5 heteroatoms. The van der Waals surface area contributed by atoms with Gasteiger partial charge in [0.25, 0.3) is 0 Å². The average Bonchev–Trinajstić information content (AvgIpc) is 2.36. The molecule has 3 unspecified atom stereocenters. The molecule has 1 rings (SSSR count). The first kappa shape index (κ1) is 16.4. The lowest BCUT2D eigenvalue weighted by Gasteiger charge is -2.40. The Hall–Kier alpha value is -0.650. The van der Waals surface area contributed by atoms with Crippen LogP contribution in [0.4, 0.5) is 0 Å². The molecule has 19 heavy (non-hydrogen) atoms. The van der Waals surface area contributed by atoms with Crippen molar-refractivity contribution in [2.75, 3.05) is 19.6 Å². The van der Waals surface area contributed by atoms with Crippen LogP contribution in [0.1, 0.15) is 41.0 Å². The quantitative estimate of drug-likeness (QED) is 0.773. The van der Waals surface area contributed by atoms with E-state index in [4.69, 9.17) is 10.5 Å². The number of ether oxygens (including phenoxy) is 1. The highest BCUT2D eigenvalue weighted by Crippen LogP contribution is 2.15. The molecule has 1 saturated heterocycles. The van der Waals surface area contributed by atoms with Crippen molar-refractivity contribution in [2.45, 2.75) is 64.8 Å². The number of carbonyl (C=O) groups excluding carboxylic acids is 1. The first-order chi connectivity index (χ1) is 8.79. The van der Waals surface area contributed by atoms with Crippen molar-refractivity contribution in [3.63, 3.8) is 0 Å². The zero-order chi connectivity index (χ0) is 14.6. The minimum atomic E-state index is -0.156. The Labute approximate surface area is 116 Å². The van der Waals surface area contributed by atoms with Crippen molar-refractivity contribution in [1.82, 2.24) is 10.2 Å². The predicted octanol–water partition coefficient (Wildman–Crippen LogP) is 0.728. The van der Waals surface area contributed by atoms with Gasteiger partial charge in [0.2, 0.25) is 5.91 Å². The van der Waals surface area contributed by atoms with Crippen LogP contribution < -0.4 is 11.1 Å². The fraction of sp³-hybridized carbons (Fsp3) is 0.929. The van der Waals surface area contributed by atoms with Crippen LogP contribution in [-0.2, 0) is 9.53 Å². The Balaban J connectivity index is 2.60. The van der Waals surface area contributed by atoms with Crippen molar-refractivity contribution in [2.24, 2.45) is 5.73 Å². The van der Waals surface area contributed by atoms with Crippen LogP contribution >= 0.6 is 0 Å². The van der Waals surface area contributed by atoms with E-state index in [0.717, 1.165) is 19.5 Å². The third-order valence-corrected chi connectivity index (χ3v) is 3.89. The second-order valence-electron chi connectivity index (χ2n) is 6.16. The van der Waals surface area contributed by atoms with Gasteiger partial charge in [-0.2, -0.15) is 0 Å². The van der Waals surface area contributed by atoms with Crippen LogP contribution in [-0.4, -0.2) is 54.2 Å². The van der Waals surface area contributed by atoms with E-state index in [-0.39, 0.29) is 29.7 Å². The molecule has 0 saturated carbocycles. The highest BCUT2D eigenvalue weighted by atomic mass is 16.5. The standard InChI is InChI=1S/C14H29N3O2/c1-6-14(4,5)16-13(18)11(3)17-8-10(2)19-12(7-15)9-17/h10-12H,6-9,15H2,1-5H3,(H,16,18). The Bertz CT molecular complexity index is 307. The fourth-order valence-electron chi connectivity index (χ4n) is 2.22. The number of rotatable bonds is 5.